The number of nitrogens with zero attached hydrogens (tertiary/aromatic N) is 2. The van der Waals surface area contributed by atoms with Crippen LogP contribution >= 0.6 is 0 Å². The Morgan fingerprint density at radius 2 is 1.83 bits per heavy atom. The molecule has 0 aliphatic carbocycles. The number of carbonyl (C=O) groups excluding carboxylic acids is 1. The minimum atomic E-state index is -0.567. The van der Waals surface area contributed by atoms with E-state index in [1.165, 1.54) is 0 Å². The third kappa shape index (κ3) is 4.91. The molecule has 0 saturated carbocycles. The molecule has 7 nitrogen and oxygen atoms in total. The van der Waals surface area contributed by atoms with Crippen LogP contribution in [0.25, 0.3) is 11.0 Å². The lowest BCUT2D eigenvalue weighted by atomic mass is 9.97. The van der Waals surface area contributed by atoms with Crippen molar-refractivity contribution in [3.05, 3.63) is 69.1 Å². The van der Waals surface area contributed by atoms with Gasteiger partial charge in [-0.1, -0.05) is 31.0 Å². The number of likely N-dealkylation sites (N-methyl/N-ethyl adjacent to an activating group) is 1. The molecule has 0 spiro atoms. The van der Waals surface area contributed by atoms with Gasteiger partial charge in [-0.3, -0.25) is 9.59 Å². The largest absolute Gasteiger partial charge is 0.490 e. The van der Waals surface area contributed by atoms with Crippen LogP contribution in [0.15, 0.2) is 45.6 Å². The summed E-state index contributed by atoms with van der Waals surface area (Å²) in [5.74, 6) is 1.12. The first-order valence-electron chi connectivity index (χ1n) is 12.3. The molecule has 0 saturated heterocycles. The molecule has 1 unspecified atom stereocenters. The molecule has 7 heteroatoms. The van der Waals surface area contributed by atoms with E-state index in [9.17, 15) is 9.59 Å². The van der Waals surface area contributed by atoms with Crippen molar-refractivity contribution < 1.29 is 18.7 Å². The number of hydrogen-bond acceptors (Lipinski definition) is 6. The highest BCUT2D eigenvalue weighted by Gasteiger charge is 2.42. The lowest BCUT2D eigenvalue weighted by Crippen LogP contribution is -2.35. The standard InChI is InChI=1S/C28H34N2O5/c1-6-8-15-34-22-12-10-19(17-23(22)33-7-2)25-24-26(31)20-16-18(3)9-11-21(20)35-27(24)28(32)30(25)14-13-29(4)5/h9-12,16-17,25H,6-8,13-15H2,1-5H3. The van der Waals surface area contributed by atoms with Crippen LogP contribution in [0.3, 0.4) is 0 Å². The highest BCUT2D eigenvalue weighted by molar-refractivity contribution is 5.99. The minimum Gasteiger partial charge on any atom is -0.490 e. The normalized spacial score (nSPS) is 15.2. The Kier molecular flexibility index (Phi) is 7.45. The van der Waals surface area contributed by atoms with E-state index in [4.69, 9.17) is 13.9 Å². The molecule has 4 rings (SSSR count). The second kappa shape index (κ2) is 10.5. The molecule has 186 valence electrons. The molecular formula is C28H34N2O5. The Morgan fingerprint density at radius 1 is 1.03 bits per heavy atom. The molecular weight excluding hydrogens is 444 g/mol. The van der Waals surface area contributed by atoms with Crippen LogP contribution < -0.4 is 14.9 Å². The van der Waals surface area contributed by atoms with Gasteiger partial charge in [0.2, 0.25) is 5.76 Å². The number of fused-ring (bicyclic) bond motifs is 2. The quantitative estimate of drug-likeness (QED) is 0.390. The van der Waals surface area contributed by atoms with E-state index in [1.807, 2.05) is 63.2 Å². The zero-order chi connectivity index (χ0) is 25.1. The second-order valence-electron chi connectivity index (χ2n) is 9.22. The molecule has 0 N–H and O–H groups in total. The second-order valence-corrected chi connectivity index (χ2v) is 9.22. The molecule has 35 heavy (non-hydrogen) atoms. The SMILES string of the molecule is CCCCOc1ccc(C2c3c(oc4ccc(C)cc4c3=O)C(=O)N2CCN(C)C)cc1OCC. The van der Waals surface area contributed by atoms with Crippen molar-refractivity contribution in [1.82, 2.24) is 9.80 Å². The minimum absolute atomic E-state index is 0.122. The maximum absolute atomic E-state index is 13.7. The lowest BCUT2D eigenvalue weighted by molar-refractivity contribution is 0.0716. The summed E-state index contributed by atoms with van der Waals surface area (Å²) in [6, 6.07) is 10.6. The molecule has 1 aromatic heterocycles. The van der Waals surface area contributed by atoms with Crippen LogP contribution in [0.4, 0.5) is 0 Å². The van der Waals surface area contributed by atoms with Gasteiger partial charge >= 0.3 is 0 Å². The number of ether oxygens (including phenoxy) is 2. The summed E-state index contributed by atoms with van der Waals surface area (Å²) in [7, 11) is 3.91. The van der Waals surface area contributed by atoms with Crippen molar-refractivity contribution in [2.45, 2.75) is 39.7 Å². The zero-order valence-corrected chi connectivity index (χ0v) is 21.2. The molecule has 0 radical (unpaired) electrons. The smallest absolute Gasteiger partial charge is 0.290 e. The summed E-state index contributed by atoms with van der Waals surface area (Å²) in [6.07, 6.45) is 1.98. The number of carbonyl (C=O) groups is 1. The maximum Gasteiger partial charge on any atom is 0.290 e. The number of rotatable bonds is 10. The van der Waals surface area contributed by atoms with Crippen molar-refractivity contribution in [3.8, 4) is 11.5 Å². The van der Waals surface area contributed by atoms with Gasteiger partial charge in [0, 0.05) is 13.1 Å². The predicted octanol–water partition coefficient (Wildman–Crippen LogP) is 4.79. The van der Waals surface area contributed by atoms with E-state index in [2.05, 4.69) is 6.92 Å². The van der Waals surface area contributed by atoms with E-state index in [1.54, 1.807) is 11.0 Å². The predicted molar refractivity (Wildman–Crippen MR) is 137 cm³/mol. The topological polar surface area (TPSA) is 72.2 Å². The fourth-order valence-corrected chi connectivity index (χ4v) is 4.43. The van der Waals surface area contributed by atoms with Gasteiger partial charge in [0.1, 0.15) is 5.58 Å². The molecule has 0 fully saturated rings. The Bertz CT molecular complexity index is 1280. The van der Waals surface area contributed by atoms with E-state index in [0.717, 1.165) is 24.0 Å². The van der Waals surface area contributed by atoms with Gasteiger partial charge in [-0.05, 0) is 64.2 Å². The fourth-order valence-electron chi connectivity index (χ4n) is 4.43. The Balaban J connectivity index is 1.86. The van der Waals surface area contributed by atoms with Gasteiger partial charge < -0.3 is 23.7 Å². The zero-order valence-electron chi connectivity index (χ0n) is 21.2. The summed E-state index contributed by atoms with van der Waals surface area (Å²) < 4.78 is 17.9. The number of unbranched alkanes of at least 4 members (excludes halogenated alkanes) is 1. The van der Waals surface area contributed by atoms with Crippen molar-refractivity contribution in [2.75, 3.05) is 40.4 Å². The molecule has 1 aliphatic rings. The summed E-state index contributed by atoms with van der Waals surface area (Å²) in [5, 5.41) is 0.487. The Hall–Kier alpha value is -3.32. The number of amides is 1. The molecule has 0 bridgehead atoms. The third-order valence-electron chi connectivity index (χ3n) is 6.25. The van der Waals surface area contributed by atoms with Crippen LogP contribution in [0.1, 0.15) is 60.0 Å². The van der Waals surface area contributed by atoms with Gasteiger partial charge in [-0.2, -0.15) is 0 Å². The van der Waals surface area contributed by atoms with Crippen LogP contribution in [0.2, 0.25) is 0 Å². The Morgan fingerprint density at radius 3 is 2.54 bits per heavy atom. The molecule has 2 aromatic carbocycles. The first-order valence-corrected chi connectivity index (χ1v) is 12.3. The third-order valence-corrected chi connectivity index (χ3v) is 6.25. The van der Waals surface area contributed by atoms with Gasteiger partial charge in [-0.25, -0.2) is 0 Å². The van der Waals surface area contributed by atoms with Gasteiger partial charge in [0.15, 0.2) is 16.9 Å². The highest BCUT2D eigenvalue weighted by atomic mass is 16.5. The molecule has 1 aliphatic heterocycles. The molecule has 1 atom stereocenters. The first-order chi connectivity index (χ1) is 16.8. The number of benzene rings is 2. The van der Waals surface area contributed by atoms with Gasteiger partial charge in [0.25, 0.3) is 5.91 Å². The van der Waals surface area contributed by atoms with Crippen molar-refractivity contribution >= 4 is 16.9 Å². The average molecular weight is 479 g/mol. The van der Waals surface area contributed by atoms with Crippen LogP contribution in [-0.2, 0) is 0 Å². The van der Waals surface area contributed by atoms with Gasteiger partial charge in [-0.15, -0.1) is 0 Å². The molecule has 3 aromatic rings. The maximum atomic E-state index is 13.7. The Labute approximate surface area is 206 Å². The van der Waals surface area contributed by atoms with E-state index < -0.39 is 6.04 Å². The van der Waals surface area contributed by atoms with E-state index >= 15 is 0 Å². The summed E-state index contributed by atoms with van der Waals surface area (Å²) in [4.78, 5) is 31.0. The van der Waals surface area contributed by atoms with E-state index in [0.29, 0.717) is 54.3 Å². The fraction of sp³-hybridized carbons (Fsp3) is 0.429. The summed E-state index contributed by atoms with van der Waals surface area (Å²) in [5.41, 5.74) is 2.39. The highest BCUT2D eigenvalue weighted by Crippen LogP contribution is 2.41. The van der Waals surface area contributed by atoms with Crippen molar-refractivity contribution in [1.29, 1.82) is 0 Å². The van der Waals surface area contributed by atoms with Crippen molar-refractivity contribution in [2.24, 2.45) is 0 Å². The van der Waals surface area contributed by atoms with Crippen molar-refractivity contribution in [3.63, 3.8) is 0 Å². The number of aryl methyl sites for hydroxylation is 1. The lowest BCUT2D eigenvalue weighted by Gasteiger charge is -2.27. The van der Waals surface area contributed by atoms with Gasteiger partial charge in [0.05, 0.1) is 30.2 Å². The first kappa shape index (κ1) is 24.8. The summed E-state index contributed by atoms with van der Waals surface area (Å²) in [6.45, 7) is 8.15. The molecule has 1 amide bonds. The van der Waals surface area contributed by atoms with E-state index in [-0.39, 0.29) is 17.1 Å². The molecule has 2 heterocycles. The van der Waals surface area contributed by atoms with Crippen LogP contribution in [-0.4, -0.2) is 56.1 Å². The average Bonchev–Trinajstić information content (AvgIpc) is 3.11. The number of hydrogen-bond donors (Lipinski definition) is 0. The monoisotopic (exact) mass is 478 g/mol. The summed E-state index contributed by atoms with van der Waals surface area (Å²) >= 11 is 0. The van der Waals surface area contributed by atoms with Crippen LogP contribution in [0.5, 0.6) is 11.5 Å². The van der Waals surface area contributed by atoms with Crippen LogP contribution in [0, 0.1) is 6.92 Å².